The molecule has 1 unspecified atom stereocenters. The van der Waals surface area contributed by atoms with Gasteiger partial charge in [-0.3, -0.25) is 19.5 Å². The van der Waals surface area contributed by atoms with Gasteiger partial charge in [-0.2, -0.15) is 0 Å². The van der Waals surface area contributed by atoms with Crippen LogP contribution in [0, 0.1) is 0 Å². The molecule has 0 spiro atoms. The molecule has 1 N–H and O–H groups in total. The molecule has 1 aliphatic rings. The summed E-state index contributed by atoms with van der Waals surface area (Å²) in [5.41, 5.74) is 2.03. The van der Waals surface area contributed by atoms with Crippen molar-refractivity contribution in [2.45, 2.75) is 49.2 Å². The average molecular weight is 667 g/mol. The normalized spacial score (nSPS) is 15.8. The van der Waals surface area contributed by atoms with Gasteiger partial charge in [-0.1, -0.05) is 91.4 Å². The number of benzene rings is 3. The molecule has 1 aliphatic heterocycles. The molecule has 5 aromatic rings. The largest absolute Gasteiger partial charge is 0.507 e. The Balaban J connectivity index is 1.37. The number of Topliss-reactive ketones (excluding diaryl/α,β-unsaturated/α-hetero) is 1. The molecule has 11 heteroatoms. The maximum absolute atomic E-state index is 13.7. The first kappa shape index (κ1) is 32.2. The Labute approximate surface area is 281 Å². The number of hydrogen-bond donors (Lipinski definition) is 1. The SMILES string of the molecule is CCCCCOc1ccc(C2C(=C(O)c3ccncc3)C(=O)C(=O)N2c2nnc(SCc3cccc4ccccc34)s2)cc1OCC. The molecule has 9 nitrogen and oxygen atoms in total. The van der Waals surface area contributed by atoms with E-state index in [0.717, 1.165) is 35.6 Å². The predicted molar refractivity (Wildman–Crippen MR) is 185 cm³/mol. The van der Waals surface area contributed by atoms with Crippen LogP contribution < -0.4 is 14.4 Å². The monoisotopic (exact) mass is 666 g/mol. The zero-order valence-corrected chi connectivity index (χ0v) is 27.7. The number of ketones is 1. The molecule has 1 atom stereocenters. The number of carbonyl (C=O) groups is 2. The Morgan fingerprint density at radius 3 is 2.55 bits per heavy atom. The van der Waals surface area contributed by atoms with Crippen LogP contribution in [0.5, 0.6) is 11.5 Å². The van der Waals surface area contributed by atoms with Gasteiger partial charge in [0.1, 0.15) is 5.76 Å². The quantitative estimate of drug-likeness (QED) is 0.0334. The second-order valence-electron chi connectivity index (χ2n) is 10.9. The van der Waals surface area contributed by atoms with Crippen molar-refractivity contribution in [3.8, 4) is 11.5 Å². The van der Waals surface area contributed by atoms with Crippen molar-refractivity contribution >= 4 is 56.5 Å². The minimum absolute atomic E-state index is 0.0552. The van der Waals surface area contributed by atoms with E-state index in [0.29, 0.717) is 45.9 Å². The molecule has 47 heavy (non-hydrogen) atoms. The van der Waals surface area contributed by atoms with Crippen molar-refractivity contribution in [3.63, 3.8) is 0 Å². The van der Waals surface area contributed by atoms with Crippen molar-refractivity contribution in [1.29, 1.82) is 0 Å². The Morgan fingerprint density at radius 1 is 0.936 bits per heavy atom. The summed E-state index contributed by atoms with van der Waals surface area (Å²) in [5.74, 6) is -0.211. The number of ether oxygens (including phenoxy) is 2. The molecule has 0 radical (unpaired) electrons. The van der Waals surface area contributed by atoms with Crippen molar-refractivity contribution < 1.29 is 24.2 Å². The molecule has 0 aliphatic carbocycles. The van der Waals surface area contributed by atoms with E-state index in [4.69, 9.17) is 9.47 Å². The van der Waals surface area contributed by atoms with Crippen LogP contribution >= 0.6 is 23.1 Å². The summed E-state index contributed by atoms with van der Waals surface area (Å²) in [6.45, 7) is 4.94. The molecule has 240 valence electrons. The summed E-state index contributed by atoms with van der Waals surface area (Å²) in [6, 6.07) is 21.9. The lowest BCUT2D eigenvalue weighted by Crippen LogP contribution is -2.29. The van der Waals surface area contributed by atoms with Crippen LogP contribution in [-0.2, 0) is 15.3 Å². The number of aliphatic hydroxyl groups is 1. The fraction of sp³-hybridized carbons (Fsp3) is 0.250. The number of rotatable bonds is 13. The van der Waals surface area contributed by atoms with E-state index in [1.807, 2.05) is 25.1 Å². The van der Waals surface area contributed by atoms with Gasteiger partial charge in [0.15, 0.2) is 15.8 Å². The summed E-state index contributed by atoms with van der Waals surface area (Å²) in [4.78, 5) is 32.8. The number of aliphatic hydroxyl groups excluding tert-OH is 1. The number of hydrogen-bond acceptors (Lipinski definition) is 10. The number of aromatic nitrogens is 3. The van der Waals surface area contributed by atoms with Gasteiger partial charge in [0.05, 0.1) is 24.8 Å². The van der Waals surface area contributed by atoms with Gasteiger partial charge in [0.2, 0.25) is 5.13 Å². The smallest absolute Gasteiger partial charge is 0.301 e. The summed E-state index contributed by atoms with van der Waals surface area (Å²) in [5, 5.41) is 22.8. The molecule has 3 aromatic carbocycles. The second-order valence-corrected chi connectivity index (χ2v) is 13.1. The van der Waals surface area contributed by atoms with Gasteiger partial charge in [-0.15, -0.1) is 10.2 Å². The number of thioether (sulfide) groups is 1. The first-order chi connectivity index (χ1) is 23.0. The van der Waals surface area contributed by atoms with E-state index in [9.17, 15) is 14.7 Å². The van der Waals surface area contributed by atoms with Crippen LogP contribution in [0.25, 0.3) is 16.5 Å². The molecule has 2 aromatic heterocycles. The number of anilines is 1. The summed E-state index contributed by atoms with van der Waals surface area (Å²) in [6.07, 6.45) is 6.07. The lowest BCUT2D eigenvalue weighted by Gasteiger charge is -2.23. The predicted octanol–water partition coefficient (Wildman–Crippen LogP) is 7.97. The highest BCUT2D eigenvalue weighted by Gasteiger charge is 2.48. The van der Waals surface area contributed by atoms with Gasteiger partial charge in [0, 0.05) is 23.7 Å². The zero-order chi connectivity index (χ0) is 32.8. The van der Waals surface area contributed by atoms with Crippen molar-refractivity contribution in [2.75, 3.05) is 18.1 Å². The molecule has 3 heterocycles. The zero-order valence-electron chi connectivity index (χ0n) is 26.1. The van der Waals surface area contributed by atoms with E-state index < -0.39 is 17.7 Å². The summed E-state index contributed by atoms with van der Waals surface area (Å²) in [7, 11) is 0. The van der Waals surface area contributed by atoms with Gasteiger partial charge < -0.3 is 14.6 Å². The highest BCUT2D eigenvalue weighted by Crippen LogP contribution is 2.45. The van der Waals surface area contributed by atoms with E-state index in [-0.39, 0.29) is 16.5 Å². The molecule has 1 fully saturated rings. The standard InChI is InChI=1S/C36H34N4O5S2/c1-3-5-8-20-45-28-15-14-25(21-29(28)44-4-2)31-30(32(41)24-16-18-37-19-17-24)33(42)34(43)40(31)35-38-39-36(47-35)46-22-26-12-9-11-23-10-6-7-13-27(23)26/h6-7,9-19,21,31,41H,3-5,8,20,22H2,1-2H3. The molecule has 0 bridgehead atoms. The van der Waals surface area contributed by atoms with Crippen molar-refractivity contribution in [1.82, 2.24) is 15.2 Å². The number of fused-ring (bicyclic) bond motifs is 1. The molecule has 1 saturated heterocycles. The fourth-order valence-corrected chi connectivity index (χ4v) is 7.41. The first-order valence-corrected chi connectivity index (χ1v) is 17.3. The number of nitrogens with zero attached hydrogens (tertiary/aromatic N) is 4. The Hall–Kier alpha value is -4.74. The highest BCUT2D eigenvalue weighted by molar-refractivity contribution is 8.00. The third kappa shape index (κ3) is 6.86. The number of pyridine rings is 1. The van der Waals surface area contributed by atoms with Gasteiger partial charge in [-0.05, 0) is 59.5 Å². The maximum atomic E-state index is 13.7. The minimum Gasteiger partial charge on any atom is -0.507 e. The van der Waals surface area contributed by atoms with Crippen LogP contribution in [0.15, 0.2) is 95.1 Å². The third-order valence-corrected chi connectivity index (χ3v) is 9.92. The number of carbonyl (C=O) groups excluding carboxylic acids is 2. The van der Waals surface area contributed by atoms with E-state index in [2.05, 4.69) is 46.4 Å². The Bertz CT molecular complexity index is 1920. The van der Waals surface area contributed by atoms with E-state index >= 15 is 0 Å². The van der Waals surface area contributed by atoms with Gasteiger partial charge in [-0.25, -0.2) is 0 Å². The van der Waals surface area contributed by atoms with E-state index in [1.165, 1.54) is 40.4 Å². The average Bonchev–Trinajstić information content (AvgIpc) is 3.67. The second kappa shape index (κ2) is 14.8. The van der Waals surface area contributed by atoms with Gasteiger partial charge in [0.25, 0.3) is 5.78 Å². The summed E-state index contributed by atoms with van der Waals surface area (Å²) >= 11 is 2.74. The topological polar surface area (TPSA) is 115 Å². The van der Waals surface area contributed by atoms with E-state index in [1.54, 1.807) is 30.3 Å². The first-order valence-electron chi connectivity index (χ1n) is 15.5. The third-order valence-electron chi connectivity index (χ3n) is 7.82. The molecule has 1 amide bonds. The van der Waals surface area contributed by atoms with Crippen LogP contribution in [0.3, 0.4) is 0 Å². The van der Waals surface area contributed by atoms with Crippen LogP contribution in [0.4, 0.5) is 5.13 Å². The lowest BCUT2D eigenvalue weighted by molar-refractivity contribution is -0.132. The Morgan fingerprint density at radius 2 is 1.74 bits per heavy atom. The van der Waals surface area contributed by atoms with Crippen molar-refractivity contribution in [2.24, 2.45) is 0 Å². The van der Waals surface area contributed by atoms with Crippen LogP contribution in [0.1, 0.15) is 55.8 Å². The molecule has 0 saturated carbocycles. The molecule has 6 rings (SSSR count). The molecular weight excluding hydrogens is 633 g/mol. The highest BCUT2D eigenvalue weighted by atomic mass is 32.2. The fourth-order valence-electron chi connectivity index (χ4n) is 5.54. The molecular formula is C36H34N4O5S2. The Kier molecular flexibility index (Phi) is 10.1. The van der Waals surface area contributed by atoms with Crippen LogP contribution in [0.2, 0.25) is 0 Å². The summed E-state index contributed by atoms with van der Waals surface area (Å²) < 4.78 is 12.6. The number of amides is 1. The lowest BCUT2D eigenvalue weighted by atomic mass is 9.95. The van der Waals surface area contributed by atoms with Crippen LogP contribution in [-0.4, -0.2) is 45.2 Å². The van der Waals surface area contributed by atoms with Gasteiger partial charge >= 0.3 is 5.91 Å². The van der Waals surface area contributed by atoms with Crippen molar-refractivity contribution in [3.05, 3.63) is 107 Å². The minimum atomic E-state index is -0.986. The number of unbranched alkanes of at least 4 members (excludes halogenated alkanes) is 2. The maximum Gasteiger partial charge on any atom is 0.301 e.